The third-order valence-corrected chi connectivity index (χ3v) is 5.37. The quantitative estimate of drug-likeness (QED) is 0.529. The van der Waals surface area contributed by atoms with E-state index in [9.17, 15) is 14.4 Å². The minimum atomic E-state index is -1.05. The second kappa shape index (κ2) is 11.2. The van der Waals surface area contributed by atoms with Gasteiger partial charge in [-0.05, 0) is 74.9 Å². The van der Waals surface area contributed by atoms with Crippen LogP contribution in [0.15, 0.2) is 42.4 Å². The number of carbonyl (C=O) groups excluding carboxylic acids is 2. The van der Waals surface area contributed by atoms with Crippen molar-refractivity contribution >= 4 is 49.6 Å². The maximum absolute atomic E-state index is 12.1. The van der Waals surface area contributed by atoms with E-state index in [1.54, 1.807) is 19.2 Å². The zero-order chi connectivity index (χ0) is 21.4. The number of furan rings is 2. The number of likely N-dealkylation sites (N-methyl/N-ethyl adjacent to an activating group) is 1. The van der Waals surface area contributed by atoms with Crippen LogP contribution >= 0.6 is 31.9 Å². The van der Waals surface area contributed by atoms with Crippen LogP contribution in [0.1, 0.15) is 53.2 Å². The fourth-order valence-corrected chi connectivity index (χ4v) is 3.71. The van der Waals surface area contributed by atoms with Gasteiger partial charge in [-0.3, -0.25) is 9.59 Å². The Kier molecular flexibility index (Phi) is 8.97. The molecule has 0 radical (unpaired) electrons. The van der Waals surface area contributed by atoms with Gasteiger partial charge in [0.15, 0.2) is 15.1 Å². The van der Waals surface area contributed by atoms with E-state index in [2.05, 4.69) is 46.9 Å². The van der Waals surface area contributed by atoms with Crippen molar-refractivity contribution in [1.29, 1.82) is 0 Å². The van der Waals surface area contributed by atoms with Crippen LogP contribution in [0, 0.1) is 5.92 Å². The summed E-state index contributed by atoms with van der Waals surface area (Å²) in [5.74, 6) is -1.19. The van der Waals surface area contributed by atoms with E-state index in [1.807, 2.05) is 0 Å². The lowest BCUT2D eigenvalue weighted by Gasteiger charge is -2.29. The van der Waals surface area contributed by atoms with Crippen molar-refractivity contribution in [2.75, 3.05) is 7.05 Å². The zero-order valence-electron chi connectivity index (χ0n) is 15.7. The highest BCUT2D eigenvalue weighted by Gasteiger charge is 2.31. The Labute approximate surface area is 184 Å². The van der Waals surface area contributed by atoms with Crippen LogP contribution < -0.4 is 10.6 Å². The Balaban J connectivity index is 0.000000278. The van der Waals surface area contributed by atoms with Gasteiger partial charge < -0.3 is 24.6 Å². The zero-order valence-corrected chi connectivity index (χ0v) is 18.9. The average Bonchev–Trinajstić information content (AvgIpc) is 3.35. The molecule has 10 heteroatoms. The summed E-state index contributed by atoms with van der Waals surface area (Å²) in [6.07, 6.45) is 5.37. The van der Waals surface area contributed by atoms with E-state index in [0.29, 0.717) is 9.34 Å². The molecule has 0 bridgehead atoms. The maximum Gasteiger partial charge on any atom is 0.371 e. The van der Waals surface area contributed by atoms with Crippen molar-refractivity contribution in [3.05, 3.63) is 45.1 Å². The van der Waals surface area contributed by atoms with Gasteiger partial charge in [-0.2, -0.15) is 0 Å². The Morgan fingerprint density at radius 3 is 1.97 bits per heavy atom. The highest BCUT2D eigenvalue weighted by molar-refractivity contribution is 9.10. The Morgan fingerprint density at radius 2 is 1.55 bits per heavy atom. The van der Waals surface area contributed by atoms with Gasteiger partial charge in [0.2, 0.25) is 11.7 Å². The Bertz CT molecular complexity index is 841. The number of carboxylic acids is 1. The van der Waals surface area contributed by atoms with Crippen molar-refractivity contribution in [3.8, 4) is 0 Å². The summed E-state index contributed by atoms with van der Waals surface area (Å²) >= 11 is 6.13. The molecule has 0 unspecified atom stereocenters. The van der Waals surface area contributed by atoms with E-state index >= 15 is 0 Å². The summed E-state index contributed by atoms with van der Waals surface area (Å²) in [6.45, 7) is 0. The summed E-state index contributed by atoms with van der Waals surface area (Å²) in [4.78, 5) is 34.2. The van der Waals surface area contributed by atoms with Gasteiger partial charge in [0.1, 0.15) is 6.04 Å². The van der Waals surface area contributed by atoms with Crippen molar-refractivity contribution in [1.82, 2.24) is 10.6 Å². The lowest BCUT2D eigenvalue weighted by Crippen LogP contribution is -2.50. The smallest absolute Gasteiger partial charge is 0.371 e. The van der Waals surface area contributed by atoms with Gasteiger partial charge in [0.25, 0.3) is 5.91 Å². The Hall–Kier alpha value is -2.07. The van der Waals surface area contributed by atoms with Crippen LogP contribution in [-0.2, 0) is 4.79 Å². The van der Waals surface area contributed by atoms with E-state index < -0.39 is 12.0 Å². The van der Waals surface area contributed by atoms with Crippen LogP contribution in [0.5, 0.6) is 0 Å². The topological polar surface area (TPSA) is 122 Å². The summed E-state index contributed by atoms with van der Waals surface area (Å²) in [6, 6.07) is 5.67. The van der Waals surface area contributed by atoms with Crippen molar-refractivity contribution in [3.63, 3.8) is 0 Å². The number of halogens is 2. The van der Waals surface area contributed by atoms with E-state index in [-0.39, 0.29) is 29.3 Å². The molecule has 3 rings (SSSR count). The summed E-state index contributed by atoms with van der Waals surface area (Å²) in [7, 11) is 1.59. The largest absolute Gasteiger partial charge is 0.475 e. The van der Waals surface area contributed by atoms with Gasteiger partial charge in [-0.15, -0.1) is 0 Å². The highest BCUT2D eigenvalue weighted by Crippen LogP contribution is 2.27. The lowest BCUT2D eigenvalue weighted by atomic mass is 9.83. The van der Waals surface area contributed by atoms with Gasteiger partial charge in [0.05, 0.1) is 0 Å². The first-order chi connectivity index (χ1) is 13.8. The number of amides is 2. The first-order valence-electron chi connectivity index (χ1n) is 9.08. The molecule has 29 heavy (non-hydrogen) atoms. The molecular weight excluding hydrogens is 512 g/mol. The summed E-state index contributed by atoms with van der Waals surface area (Å²) in [5, 5.41) is 13.7. The third-order valence-electron chi connectivity index (χ3n) is 4.52. The van der Waals surface area contributed by atoms with Crippen LogP contribution in [0.2, 0.25) is 0 Å². The number of nitrogens with one attached hydrogen (secondary N) is 2. The van der Waals surface area contributed by atoms with Crippen LogP contribution in [0.25, 0.3) is 0 Å². The van der Waals surface area contributed by atoms with Gasteiger partial charge in [0, 0.05) is 7.05 Å². The minimum absolute atomic E-state index is 0.0538. The molecule has 1 fully saturated rings. The number of carbonyl (C=O) groups is 3. The molecule has 0 saturated heterocycles. The van der Waals surface area contributed by atoms with Crippen molar-refractivity contribution in [2.45, 2.75) is 38.1 Å². The monoisotopic (exact) mass is 532 g/mol. The molecule has 2 aromatic rings. The van der Waals surface area contributed by atoms with Crippen LogP contribution in [-0.4, -0.2) is 36.0 Å². The predicted octanol–water partition coefficient (Wildman–Crippen LogP) is 4.21. The molecule has 1 aliphatic rings. The van der Waals surface area contributed by atoms with Crippen molar-refractivity contribution in [2.24, 2.45) is 5.92 Å². The van der Waals surface area contributed by atoms with Gasteiger partial charge in [-0.1, -0.05) is 19.3 Å². The van der Waals surface area contributed by atoms with E-state index in [1.165, 1.54) is 18.6 Å². The first-order valence-corrected chi connectivity index (χ1v) is 10.7. The summed E-state index contributed by atoms with van der Waals surface area (Å²) < 4.78 is 10.8. The molecule has 0 aromatic carbocycles. The van der Waals surface area contributed by atoms with Gasteiger partial charge in [-0.25, -0.2) is 4.79 Å². The molecule has 1 atom stereocenters. The standard InChI is InChI=1S/C14H19BrN2O3.C5H3BrO3/c1-16-14(19)12(9-5-3-2-4-6-9)17-13(18)10-7-8-11(15)20-10;6-4-2-1-3(9-4)5(7)8/h7-9,12H,2-6H2,1H3,(H,16,19)(H,17,18);1-2H,(H,7,8)/t12-;/m0./s1. The number of carboxylic acid groups (broad SMARTS) is 1. The maximum atomic E-state index is 12.1. The molecule has 2 aromatic heterocycles. The van der Waals surface area contributed by atoms with Crippen LogP contribution in [0.4, 0.5) is 0 Å². The minimum Gasteiger partial charge on any atom is -0.475 e. The fourth-order valence-electron chi connectivity index (χ4n) is 3.10. The number of hydrogen-bond donors (Lipinski definition) is 3. The van der Waals surface area contributed by atoms with Crippen LogP contribution in [0.3, 0.4) is 0 Å². The second-order valence-electron chi connectivity index (χ2n) is 6.48. The molecule has 0 aliphatic heterocycles. The molecule has 2 heterocycles. The molecule has 158 valence electrons. The predicted molar refractivity (Wildman–Crippen MR) is 112 cm³/mol. The molecular formula is C19H22Br2N2O6. The third kappa shape index (κ3) is 7.04. The Morgan fingerprint density at radius 1 is 1.00 bits per heavy atom. The highest BCUT2D eigenvalue weighted by atomic mass is 79.9. The first kappa shape index (κ1) is 23.2. The fraction of sp³-hybridized carbons (Fsp3) is 0.421. The molecule has 2 amide bonds. The second-order valence-corrected chi connectivity index (χ2v) is 8.04. The normalized spacial score (nSPS) is 15.0. The molecule has 3 N–H and O–H groups in total. The average molecular weight is 534 g/mol. The molecule has 8 nitrogen and oxygen atoms in total. The number of aromatic carboxylic acids is 1. The summed E-state index contributed by atoms with van der Waals surface area (Å²) in [5.41, 5.74) is 0. The van der Waals surface area contributed by atoms with Crippen molar-refractivity contribution < 1.29 is 28.3 Å². The lowest BCUT2D eigenvalue weighted by molar-refractivity contribution is -0.124. The molecule has 0 spiro atoms. The number of hydrogen-bond acceptors (Lipinski definition) is 5. The van der Waals surface area contributed by atoms with E-state index in [4.69, 9.17) is 9.52 Å². The molecule has 1 saturated carbocycles. The SMILES string of the molecule is CNC(=O)[C@@H](NC(=O)c1ccc(Br)o1)C1CCCCC1.O=C(O)c1ccc(Br)o1. The van der Waals surface area contributed by atoms with E-state index in [0.717, 1.165) is 25.7 Å². The molecule has 1 aliphatic carbocycles. The van der Waals surface area contributed by atoms with Gasteiger partial charge >= 0.3 is 5.97 Å². The number of rotatable bonds is 5.